The van der Waals surface area contributed by atoms with E-state index in [2.05, 4.69) is 42.5 Å². The molecule has 0 bridgehead atoms. The van der Waals surface area contributed by atoms with Crippen LogP contribution in [0.2, 0.25) is 0 Å². The molecule has 1 saturated carbocycles. The smallest absolute Gasteiger partial charge is 0.191 e. The molecule has 2 atom stereocenters. The van der Waals surface area contributed by atoms with Gasteiger partial charge in [0.1, 0.15) is 0 Å². The van der Waals surface area contributed by atoms with Crippen molar-refractivity contribution >= 4 is 29.9 Å². The third kappa shape index (κ3) is 5.25. The van der Waals surface area contributed by atoms with Gasteiger partial charge in [0.2, 0.25) is 0 Å². The van der Waals surface area contributed by atoms with Crippen molar-refractivity contribution in [3.8, 4) is 0 Å². The maximum absolute atomic E-state index is 6.08. The van der Waals surface area contributed by atoms with Gasteiger partial charge in [-0.05, 0) is 40.5 Å². The van der Waals surface area contributed by atoms with Crippen LogP contribution in [0.15, 0.2) is 4.99 Å². The van der Waals surface area contributed by atoms with E-state index < -0.39 is 0 Å². The molecule has 124 valence electrons. The summed E-state index contributed by atoms with van der Waals surface area (Å²) in [6, 6.07) is 0.616. The summed E-state index contributed by atoms with van der Waals surface area (Å²) in [7, 11) is 2.04. The molecule has 2 N–H and O–H groups in total. The fourth-order valence-electron chi connectivity index (χ4n) is 2.81. The molecule has 0 amide bonds. The number of guanidine groups is 1. The fourth-order valence-corrected chi connectivity index (χ4v) is 2.81. The quantitative estimate of drug-likeness (QED) is 0.437. The average molecular weight is 410 g/mol. The predicted molar refractivity (Wildman–Crippen MR) is 98.4 cm³/mol. The Morgan fingerprint density at radius 1 is 1.29 bits per heavy atom. The molecule has 21 heavy (non-hydrogen) atoms. The third-order valence-electron chi connectivity index (χ3n) is 4.36. The second kappa shape index (κ2) is 7.46. The molecule has 0 spiro atoms. The highest BCUT2D eigenvalue weighted by molar-refractivity contribution is 14.0. The van der Waals surface area contributed by atoms with E-state index in [9.17, 15) is 0 Å². The molecule has 0 radical (unpaired) electrons. The largest absolute Gasteiger partial charge is 0.373 e. The van der Waals surface area contributed by atoms with Gasteiger partial charge in [-0.15, -0.1) is 24.0 Å². The fraction of sp³-hybridized carbons (Fsp3) is 0.933. The van der Waals surface area contributed by atoms with Crippen LogP contribution in [0.5, 0.6) is 0 Å². The zero-order chi connectivity index (χ0) is 14.9. The molecular weight excluding hydrogens is 379 g/mol. The minimum Gasteiger partial charge on any atom is -0.373 e. The number of hydrogen-bond donors (Lipinski definition) is 1. The van der Waals surface area contributed by atoms with Crippen molar-refractivity contribution in [2.75, 3.05) is 26.7 Å². The summed E-state index contributed by atoms with van der Waals surface area (Å²) in [5.74, 6) is 0.676. The summed E-state index contributed by atoms with van der Waals surface area (Å²) < 4.78 is 5.80. The van der Waals surface area contributed by atoms with Crippen LogP contribution < -0.4 is 5.73 Å². The SMILES string of the molecule is CC1CN(C(C)(C)CN=C(N)N(C)C2CC2)CC(C)O1.I. The van der Waals surface area contributed by atoms with Crippen LogP contribution >= 0.6 is 24.0 Å². The molecule has 6 heteroatoms. The number of aliphatic imine (C=N–C) groups is 1. The zero-order valence-electron chi connectivity index (χ0n) is 14.0. The molecule has 0 aromatic rings. The van der Waals surface area contributed by atoms with Crippen LogP contribution in [0.4, 0.5) is 0 Å². The lowest BCUT2D eigenvalue weighted by Crippen LogP contribution is -2.56. The molecule has 5 nitrogen and oxygen atoms in total. The van der Waals surface area contributed by atoms with Crippen LogP contribution in [-0.4, -0.2) is 66.2 Å². The first kappa shape index (κ1) is 19.0. The van der Waals surface area contributed by atoms with Crippen LogP contribution in [0, 0.1) is 0 Å². The summed E-state index contributed by atoms with van der Waals surface area (Å²) in [5, 5.41) is 0. The van der Waals surface area contributed by atoms with E-state index in [0.717, 1.165) is 19.6 Å². The lowest BCUT2D eigenvalue weighted by molar-refractivity contribution is -0.0939. The van der Waals surface area contributed by atoms with Crippen molar-refractivity contribution < 1.29 is 4.74 Å². The zero-order valence-corrected chi connectivity index (χ0v) is 16.3. The van der Waals surface area contributed by atoms with Gasteiger partial charge in [-0.2, -0.15) is 0 Å². The Morgan fingerprint density at radius 3 is 2.29 bits per heavy atom. The molecular formula is C15H31IN4O. The Kier molecular flexibility index (Phi) is 6.74. The number of morpholine rings is 1. The lowest BCUT2D eigenvalue weighted by atomic mass is 10.0. The van der Waals surface area contributed by atoms with Crippen LogP contribution in [-0.2, 0) is 4.74 Å². The summed E-state index contributed by atoms with van der Waals surface area (Å²) in [5.41, 5.74) is 6.10. The first-order valence-electron chi connectivity index (χ1n) is 7.73. The van der Waals surface area contributed by atoms with Gasteiger partial charge in [0.25, 0.3) is 0 Å². The van der Waals surface area contributed by atoms with Crippen molar-refractivity contribution in [1.29, 1.82) is 0 Å². The summed E-state index contributed by atoms with van der Waals surface area (Å²) >= 11 is 0. The van der Waals surface area contributed by atoms with Crippen LogP contribution in [0.3, 0.4) is 0 Å². The molecule has 1 saturated heterocycles. The Morgan fingerprint density at radius 2 is 1.81 bits per heavy atom. The van der Waals surface area contributed by atoms with Crippen molar-refractivity contribution in [2.45, 2.75) is 64.3 Å². The van der Waals surface area contributed by atoms with E-state index in [1.165, 1.54) is 12.8 Å². The van der Waals surface area contributed by atoms with Gasteiger partial charge in [0.15, 0.2) is 5.96 Å². The molecule has 0 aromatic carbocycles. The van der Waals surface area contributed by atoms with Gasteiger partial charge in [-0.1, -0.05) is 0 Å². The minimum atomic E-state index is 0. The number of hydrogen-bond acceptors (Lipinski definition) is 3. The third-order valence-corrected chi connectivity index (χ3v) is 4.36. The second-order valence-electron chi connectivity index (χ2n) is 6.99. The van der Waals surface area contributed by atoms with Gasteiger partial charge in [-0.25, -0.2) is 0 Å². The Labute approximate surface area is 146 Å². The van der Waals surface area contributed by atoms with Crippen molar-refractivity contribution in [3.05, 3.63) is 0 Å². The topological polar surface area (TPSA) is 54.1 Å². The Hall–Kier alpha value is -0.0800. The summed E-state index contributed by atoms with van der Waals surface area (Å²) in [4.78, 5) is 9.20. The van der Waals surface area contributed by atoms with E-state index in [0.29, 0.717) is 12.0 Å². The summed E-state index contributed by atoms with van der Waals surface area (Å²) in [6.07, 6.45) is 3.06. The maximum atomic E-state index is 6.08. The molecule has 2 fully saturated rings. The van der Waals surface area contributed by atoms with E-state index in [1.807, 2.05) is 7.05 Å². The standard InChI is InChI=1S/C15H30N4O.HI/c1-11-8-19(9-12(2)20-11)15(3,4)10-17-14(16)18(5)13-6-7-13;/h11-13H,6-10H2,1-5H3,(H2,16,17);1H. The first-order valence-corrected chi connectivity index (χ1v) is 7.73. The molecule has 1 aliphatic carbocycles. The van der Waals surface area contributed by atoms with Crippen LogP contribution in [0.25, 0.3) is 0 Å². The monoisotopic (exact) mass is 410 g/mol. The normalized spacial score (nSPS) is 28.1. The number of halogens is 1. The van der Waals surface area contributed by atoms with E-state index >= 15 is 0 Å². The number of nitrogens with zero attached hydrogens (tertiary/aromatic N) is 3. The summed E-state index contributed by atoms with van der Waals surface area (Å²) in [6.45, 7) is 11.4. The Balaban J connectivity index is 0.00000220. The van der Waals surface area contributed by atoms with Crippen molar-refractivity contribution in [2.24, 2.45) is 10.7 Å². The second-order valence-corrected chi connectivity index (χ2v) is 6.99. The number of rotatable bonds is 4. The minimum absolute atomic E-state index is 0. The highest BCUT2D eigenvalue weighted by Crippen LogP contribution is 2.25. The van der Waals surface area contributed by atoms with E-state index in [1.54, 1.807) is 0 Å². The molecule has 2 aliphatic rings. The van der Waals surface area contributed by atoms with Gasteiger partial charge in [-0.3, -0.25) is 9.89 Å². The highest BCUT2D eigenvalue weighted by atomic mass is 127. The average Bonchev–Trinajstić information content (AvgIpc) is 3.18. The maximum Gasteiger partial charge on any atom is 0.191 e. The highest BCUT2D eigenvalue weighted by Gasteiger charge is 2.33. The first-order chi connectivity index (χ1) is 9.29. The molecule has 2 unspecified atom stereocenters. The number of nitrogens with two attached hydrogens (primary N) is 1. The predicted octanol–water partition coefficient (Wildman–Crippen LogP) is 1.90. The van der Waals surface area contributed by atoms with Crippen molar-refractivity contribution in [3.63, 3.8) is 0 Å². The van der Waals surface area contributed by atoms with Crippen LogP contribution in [0.1, 0.15) is 40.5 Å². The molecule has 0 aromatic heterocycles. The van der Waals surface area contributed by atoms with Gasteiger partial charge in [0.05, 0.1) is 18.8 Å². The molecule has 1 heterocycles. The van der Waals surface area contributed by atoms with E-state index in [4.69, 9.17) is 10.5 Å². The van der Waals surface area contributed by atoms with E-state index in [-0.39, 0.29) is 41.7 Å². The van der Waals surface area contributed by atoms with Gasteiger partial charge in [0, 0.05) is 31.7 Å². The van der Waals surface area contributed by atoms with Gasteiger partial charge < -0.3 is 15.4 Å². The molecule has 2 rings (SSSR count). The van der Waals surface area contributed by atoms with Crippen molar-refractivity contribution in [1.82, 2.24) is 9.80 Å². The lowest BCUT2D eigenvalue weighted by Gasteiger charge is -2.44. The Bertz CT molecular complexity index is 361. The molecule has 1 aliphatic heterocycles. The van der Waals surface area contributed by atoms with Gasteiger partial charge >= 0.3 is 0 Å². The number of ether oxygens (including phenoxy) is 1.